The molecule has 1 aromatic rings. The van der Waals surface area contributed by atoms with Crippen molar-refractivity contribution in [2.24, 2.45) is 0 Å². The first kappa shape index (κ1) is 19.8. The number of likely N-dealkylation sites (N-methyl/N-ethyl adjacent to an activating group) is 1. The van der Waals surface area contributed by atoms with Gasteiger partial charge in [0.15, 0.2) is 0 Å². The second-order valence-corrected chi connectivity index (χ2v) is 8.83. The second kappa shape index (κ2) is 7.77. The van der Waals surface area contributed by atoms with Gasteiger partial charge in [-0.25, -0.2) is 8.42 Å². The van der Waals surface area contributed by atoms with E-state index in [-0.39, 0.29) is 30.4 Å². The van der Waals surface area contributed by atoms with E-state index in [1.54, 1.807) is 0 Å². The first-order valence-electron chi connectivity index (χ1n) is 7.68. The van der Waals surface area contributed by atoms with Crippen molar-refractivity contribution in [2.75, 3.05) is 39.3 Å². The summed E-state index contributed by atoms with van der Waals surface area (Å²) in [5, 5.41) is 2.68. The molecule has 140 valence electrons. The van der Waals surface area contributed by atoms with Crippen molar-refractivity contribution in [1.82, 2.24) is 14.5 Å². The van der Waals surface area contributed by atoms with Gasteiger partial charge in [0.05, 0.1) is 16.3 Å². The van der Waals surface area contributed by atoms with Crippen molar-refractivity contribution in [2.45, 2.75) is 16.7 Å². The number of rotatable bonds is 6. The van der Waals surface area contributed by atoms with Gasteiger partial charge in [-0.2, -0.15) is 12.7 Å². The Morgan fingerprint density at radius 1 is 1.12 bits per heavy atom. The number of benzene rings is 1. The molecule has 0 radical (unpaired) electrons. The number of carbonyl (C=O) groups is 1. The SMILES string of the molecule is CCNC(=O)CN1CCN(S(=O)(=O)c2cccc(S(=O)(=O)F)c2)CC1. The standard InChI is InChI=1S/C14H20FN3O5S2/c1-2-16-14(19)11-17-6-8-18(9-7-17)25(22,23)13-5-3-4-12(10-13)24(15,20)21/h3-5,10H,2,6-9,11H2,1H3,(H,16,19). The molecule has 0 unspecified atom stereocenters. The molecule has 1 heterocycles. The first-order chi connectivity index (χ1) is 11.6. The number of carbonyl (C=O) groups excluding carboxylic acids is 1. The Kier molecular flexibility index (Phi) is 6.14. The summed E-state index contributed by atoms with van der Waals surface area (Å²) in [6, 6.07) is 4.22. The fraction of sp³-hybridized carbons (Fsp3) is 0.500. The third-order valence-corrected chi connectivity index (χ3v) is 6.51. The topological polar surface area (TPSA) is 104 Å². The van der Waals surface area contributed by atoms with Gasteiger partial charge >= 0.3 is 10.2 Å². The predicted molar refractivity (Wildman–Crippen MR) is 88.6 cm³/mol. The van der Waals surface area contributed by atoms with Crippen LogP contribution in [0.25, 0.3) is 0 Å². The van der Waals surface area contributed by atoms with E-state index < -0.39 is 25.1 Å². The van der Waals surface area contributed by atoms with Crippen molar-refractivity contribution >= 4 is 26.2 Å². The van der Waals surface area contributed by atoms with Gasteiger partial charge in [-0.05, 0) is 25.1 Å². The molecule has 0 bridgehead atoms. The highest BCUT2D eigenvalue weighted by Crippen LogP contribution is 2.21. The van der Waals surface area contributed by atoms with Crippen molar-refractivity contribution in [3.05, 3.63) is 24.3 Å². The van der Waals surface area contributed by atoms with E-state index in [9.17, 15) is 25.5 Å². The minimum Gasteiger partial charge on any atom is -0.355 e. The van der Waals surface area contributed by atoms with E-state index in [0.29, 0.717) is 19.6 Å². The Morgan fingerprint density at radius 3 is 2.28 bits per heavy atom. The zero-order valence-corrected chi connectivity index (χ0v) is 15.3. The van der Waals surface area contributed by atoms with Gasteiger partial charge in [0.25, 0.3) is 0 Å². The maximum absolute atomic E-state index is 13.1. The third kappa shape index (κ3) is 4.97. The number of amides is 1. The fourth-order valence-electron chi connectivity index (χ4n) is 2.52. The maximum atomic E-state index is 13.1. The van der Waals surface area contributed by atoms with Crippen LogP contribution in [0.15, 0.2) is 34.1 Å². The van der Waals surface area contributed by atoms with Crippen molar-refractivity contribution < 1.29 is 25.5 Å². The van der Waals surface area contributed by atoms with Crippen LogP contribution in [-0.2, 0) is 25.0 Å². The molecule has 1 saturated heterocycles. The number of hydrogen-bond acceptors (Lipinski definition) is 6. The molecule has 0 atom stereocenters. The molecule has 0 aliphatic carbocycles. The zero-order valence-electron chi connectivity index (χ0n) is 13.7. The van der Waals surface area contributed by atoms with Crippen LogP contribution in [0, 0.1) is 0 Å². The minimum atomic E-state index is -4.98. The van der Waals surface area contributed by atoms with E-state index >= 15 is 0 Å². The molecule has 1 aliphatic heterocycles. The molecule has 25 heavy (non-hydrogen) atoms. The number of hydrogen-bond donors (Lipinski definition) is 1. The average Bonchev–Trinajstić information content (AvgIpc) is 2.55. The molecule has 2 rings (SSSR count). The third-order valence-electron chi connectivity index (χ3n) is 3.80. The monoisotopic (exact) mass is 393 g/mol. The van der Waals surface area contributed by atoms with Crippen LogP contribution in [0.1, 0.15) is 6.92 Å². The Hall–Kier alpha value is -1.56. The van der Waals surface area contributed by atoms with Gasteiger partial charge in [-0.3, -0.25) is 9.69 Å². The number of sulfonamides is 1. The molecule has 11 heteroatoms. The molecule has 1 N–H and O–H groups in total. The van der Waals surface area contributed by atoms with Gasteiger partial charge in [-0.1, -0.05) is 6.07 Å². The summed E-state index contributed by atoms with van der Waals surface area (Å²) < 4.78 is 61.4. The van der Waals surface area contributed by atoms with Crippen LogP contribution in [0.2, 0.25) is 0 Å². The normalized spacial score (nSPS) is 17.4. The largest absolute Gasteiger partial charge is 0.355 e. The van der Waals surface area contributed by atoms with Crippen LogP contribution in [0.5, 0.6) is 0 Å². The van der Waals surface area contributed by atoms with E-state index in [1.807, 2.05) is 11.8 Å². The Bertz CT molecular complexity index is 834. The number of halogens is 1. The lowest BCUT2D eigenvalue weighted by molar-refractivity contribution is -0.122. The number of nitrogens with zero attached hydrogens (tertiary/aromatic N) is 2. The summed E-state index contributed by atoms with van der Waals surface area (Å²) in [5.74, 6) is -0.125. The highest BCUT2D eigenvalue weighted by atomic mass is 32.3. The van der Waals surface area contributed by atoms with E-state index in [0.717, 1.165) is 12.1 Å². The molecule has 1 fully saturated rings. The van der Waals surface area contributed by atoms with E-state index in [1.165, 1.54) is 16.4 Å². The Labute approximate surface area is 146 Å². The lowest BCUT2D eigenvalue weighted by Crippen LogP contribution is -2.51. The summed E-state index contributed by atoms with van der Waals surface area (Å²) in [4.78, 5) is 12.4. The number of piperazine rings is 1. The molecule has 0 aromatic heterocycles. The lowest BCUT2D eigenvalue weighted by Gasteiger charge is -2.33. The molecule has 0 spiro atoms. The molecule has 8 nitrogen and oxygen atoms in total. The summed E-state index contributed by atoms with van der Waals surface area (Å²) in [5.41, 5.74) is 0. The van der Waals surface area contributed by atoms with Crippen LogP contribution in [0.4, 0.5) is 3.89 Å². The second-order valence-electron chi connectivity index (χ2n) is 5.55. The summed E-state index contributed by atoms with van der Waals surface area (Å²) >= 11 is 0. The minimum absolute atomic E-state index is 0.125. The van der Waals surface area contributed by atoms with Crippen molar-refractivity contribution in [3.63, 3.8) is 0 Å². The van der Waals surface area contributed by atoms with Crippen molar-refractivity contribution in [3.8, 4) is 0 Å². The summed E-state index contributed by atoms with van der Waals surface area (Å²) in [6.07, 6.45) is 0. The number of nitrogens with one attached hydrogen (secondary N) is 1. The van der Waals surface area contributed by atoms with Crippen LogP contribution >= 0.6 is 0 Å². The van der Waals surface area contributed by atoms with Gasteiger partial charge in [-0.15, -0.1) is 3.89 Å². The van der Waals surface area contributed by atoms with Gasteiger partial charge in [0.2, 0.25) is 15.9 Å². The molecule has 1 aromatic carbocycles. The van der Waals surface area contributed by atoms with Gasteiger partial charge in [0, 0.05) is 32.7 Å². The first-order valence-corrected chi connectivity index (χ1v) is 10.5. The summed E-state index contributed by atoms with van der Waals surface area (Å²) in [7, 11) is -8.91. The molecular formula is C14H20FN3O5S2. The lowest BCUT2D eigenvalue weighted by atomic mass is 10.3. The quantitative estimate of drug-likeness (QED) is 0.671. The molecule has 0 saturated carbocycles. The molecular weight excluding hydrogens is 373 g/mol. The Morgan fingerprint density at radius 2 is 1.72 bits per heavy atom. The smallest absolute Gasteiger partial charge is 0.332 e. The van der Waals surface area contributed by atoms with Crippen LogP contribution < -0.4 is 5.32 Å². The highest BCUT2D eigenvalue weighted by molar-refractivity contribution is 7.89. The van der Waals surface area contributed by atoms with Gasteiger partial charge in [0.1, 0.15) is 0 Å². The van der Waals surface area contributed by atoms with Crippen LogP contribution in [-0.4, -0.2) is 71.2 Å². The fourth-order valence-corrected chi connectivity index (χ4v) is 4.57. The average molecular weight is 393 g/mol. The zero-order chi connectivity index (χ0) is 18.7. The van der Waals surface area contributed by atoms with Crippen molar-refractivity contribution in [1.29, 1.82) is 0 Å². The van der Waals surface area contributed by atoms with E-state index in [2.05, 4.69) is 5.32 Å². The Balaban J connectivity index is 2.08. The maximum Gasteiger partial charge on any atom is 0.332 e. The highest BCUT2D eigenvalue weighted by Gasteiger charge is 2.30. The van der Waals surface area contributed by atoms with Gasteiger partial charge < -0.3 is 5.32 Å². The predicted octanol–water partition coefficient (Wildman–Crippen LogP) is -0.213. The van der Waals surface area contributed by atoms with E-state index in [4.69, 9.17) is 0 Å². The van der Waals surface area contributed by atoms with Crippen LogP contribution in [0.3, 0.4) is 0 Å². The molecule has 1 aliphatic rings. The summed E-state index contributed by atoms with van der Waals surface area (Å²) in [6.45, 7) is 3.60. The molecule has 1 amide bonds.